The number of hydrogen-bond acceptors (Lipinski definition) is 3. The van der Waals surface area contributed by atoms with Crippen LogP contribution >= 0.6 is 11.8 Å². The molecule has 1 heterocycles. The molecular formula is C17H14N2O2S. The van der Waals surface area contributed by atoms with Gasteiger partial charge in [-0.15, -0.1) is 0 Å². The van der Waals surface area contributed by atoms with Gasteiger partial charge >= 0.3 is 5.97 Å². The Labute approximate surface area is 131 Å². The van der Waals surface area contributed by atoms with E-state index in [9.17, 15) is 9.90 Å². The molecule has 0 spiro atoms. The molecule has 1 atom stereocenters. The van der Waals surface area contributed by atoms with Gasteiger partial charge in [-0.2, -0.15) is 0 Å². The molecule has 2 aromatic carbocycles. The first kappa shape index (κ1) is 13.4. The van der Waals surface area contributed by atoms with Crippen molar-refractivity contribution in [1.82, 2.24) is 9.55 Å². The van der Waals surface area contributed by atoms with Gasteiger partial charge in [-0.05, 0) is 29.7 Å². The number of carbonyl (C=O) groups is 1. The van der Waals surface area contributed by atoms with Crippen molar-refractivity contribution in [3.05, 3.63) is 59.7 Å². The minimum atomic E-state index is -0.848. The molecule has 4 rings (SSSR count). The number of carboxylic acid groups (broad SMARTS) is 1. The van der Waals surface area contributed by atoms with Crippen LogP contribution in [0.1, 0.15) is 16.4 Å². The van der Waals surface area contributed by atoms with Crippen molar-refractivity contribution in [2.24, 2.45) is 0 Å². The lowest BCUT2D eigenvalue weighted by Gasteiger charge is -2.29. The van der Waals surface area contributed by atoms with Crippen LogP contribution in [-0.4, -0.2) is 20.6 Å². The summed E-state index contributed by atoms with van der Waals surface area (Å²) in [4.78, 5) is 15.8. The zero-order valence-corrected chi connectivity index (χ0v) is 12.6. The summed E-state index contributed by atoms with van der Waals surface area (Å²) < 4.78 is 1.79. The average molecular weight is 310 g/mol. The molecule has 1 aliphatic rings. The largest absolute Gasteiger partial charge is 0.480 e. The lowest BCUT2D eigenvalue weighted by Crippen LogP contribution is -2.15. The number of aliphatic carboxylic acids is 1. The van der Waals surface area contributed by atoms with E-state index < -0.39 is 5.97 Å². The maximum absolute atomic E-state index is 11.2. The van der Waals surface area contributed by atoms with Crippen LogP contribution < -0.4 is 0 Å². The monoisotopic (exact) mass is 310 g/mol. The molecule has 1 aliphatic carbocycles. The number of aromatic nitrogens is 2. The molecule has 0 radical (unpaired) electrons. The lowest BCUT2D eigenvalue weighted by atomic mass is 9.88. The molecule has 0 aliphatic heterocycles. The lowest BCUT2D eigenvalue weighted by molar-refractivity contribution is -0.137. The second-order valence-electron chi connectivity index (χ2n) is 5.37. The van der Waals surface area contributed by atoms with Gasteiger partial charge in [0, 0.05) is 5.25 Å². The Morgan fingerprint density at radius 2 is 2.00 bits per heavy atom. The molecule has 1 unspecified atom stereocenters. The molecule has 22 heavy (non-hydrogen) atoms. The minimum Gasteiger partial charge on any atom is -0.480 e. The molecular weight excluding hydrogens is 296 g/mol. The Balaban J connectivity index is 1.71. The molecule has 0 saturated heterocycles. The average Bonchev–Trinajstić information content (AvgIpc) is 2.82. The highest BCUT2D eigenvalue weighted by Crippen LogP contribution is 2.46. The van der Waals surface area contributed by atoms with Crippen LogP contribution in [0.5, 0.6) is 0 Å². The van der Waals surface area contributed by atoms with Crippen LogP contribution in [0.4, 0.5) is 0 Å². The van der Waals surface area contributed by atoms with Crippen LogP contribution in [0, 0.1) is 0 Å². The van der Waals surface area contributed by atoms with Gasteiger partial charge in [0.2, 0.25) is 0 Å². The van der Waals surface area contributed by atoms with Crippen molar-refractivity contribution in [2.45, 2.75) is 23.4 Å². The van der Waals surface area contributed by atoms with E-state index in [-0.39, 0.29) is 6.54 Å². The third-order valence-electron chi connectivity index (χ3n) is 3.97. The van der Waals surface area contributed by atoms with Crippen LogP contribution in [0.15, 0.2) is 53.7 Å². The predicted octanol–water partition coefficient (Wildman–Crippen LogP) is 3.51. The van der Waals surface area contributed by atoms with E-state index in [1.807, 2.05) is 30.3 Å². The number of benzene rings is 2. The summed E-state index contributed by atoms with van der Waals surface area (Å²) in [5, 5.41) is 10.3. The fourth-order valence-electron chi connectivity index (χ4n) is 2.88. The summed E-state index contributed by atoms with van der Waals surface area (Å²) in [7, 11) is 0. The Kier molecular flexibility index (Phi) is 3.15. The SMILES string of the molecule is O=C(O)Cn1c(SC2Cc3ccccc32)nc2ccccc21. The first-order valence-electron chi connectivity index (χ1n) is 7.14. The fraction of sp³-hybridized carbons (Fsp3) is 0.176. The highest BCUT2D eigenvalue weighted by molar-refractivity contribution is 7.99. The zero-order chi connectivity index (χ0) is 15.1. The van der Waals surface area contributed by atoms with Crippen LogP contribution in [0.25, 0.3) is 11.0 Å². The Morgan fingerprint density at radius 1 is 1.23 bits per heavy atom. The Morgan fingerprint density at radius 3 is 2.82 bits per heavy atom. The van der Waals surface area contributed by atoms with Gasteiger partial charge in [0.25, 0.3) is 0 Å². The first-order valence-corrected chi connectivity index (χ1v) is 8.02. The van der Waals surface area contributed by atoms with Gasteiger partial charge in [-0.1, -0.05) is 48.2 Å². The van der Waals surface area contributed by atoms with Crippen molar-refractivity contribution in [1.29, 1.82) is 0 Å². The third-order valence-corrected chi connectivity index (χ3v) is 5.20. The summed E-state index contributed by atoms with van der Waals surface area (Å²) in [6.45, 7) is -0.0583. The molecule has 0 fully saturated rings. The Hall–Kier alpha value is -2.27. The van der Waals surface area contributed by atoms with E-state index in [0.717, 1.165) is 22.6 Å². The number of nitrogens with zero attached hydrogens (tertiary/aromatic N) is 2. The molecule has 3 aromatic rings. The highest BCUT2D eigenvalue weighted by Gasteiger charge is 2.28. The maximum Gasteiger partial charge on any atom is 0.323 e. The number of carboxylic acids is 1. The normalized spacial score (nSPS) is 16.3. The molecule has 0 amide bonds. The van der Waals surface area contributed by atoms with Gasteiger partial charge in [0.05, 0.1) is 11.0 Å². The topological polar surface area (TPSA) is 55.1 Å². The van der Waals surface area contributed by atoms with E-state index in [1.54, 1.807) is 16.3 Å². The second-order valence-corrected chi connectivity index (χ2v) is 6.54. The second kappa shape index (κ2) is 5.18. The summed E-state index contributed by atoms with van der Waals surface area (Å²) in [5.74, 6) is -0.848. The van der Waals surface area contributed by atoms with E-state index in [4.69, 9.17) is 0 Å². The molecule has 1 aromatic heterocycles. The van der Waals surface area contributed by atoms with Crippen molar-refractivity contribution in [3.8, 4) is 0 Å². The van der Waals surface area contributed by atoms with Crippen LogP contribution in [0.2, 0.25) is 0 Å². The Bertz CT molecular complexity index is 872. The molecule has 1 N–H and O–H groups in total. The summed E-state index contributed by atoms with van der Waals surface area (Å²) >= 11 is 1.66. The van der Waals surface area contributed by atoms with Gasteiger partial charge in [0.1, 0.15) is 6.54 Å². The number of imidazole rings is 1. The van der Waals surface area contributed by atoms with Crippen molar-refractivity contribution in [3.63, 3.8) is 0 Å². The number of rotatable bonds is 4. The summed E-state index contributed by atoms with van der Waals surface area (Å²) in [6, 6.07) is 16.1. The van der Waals surface area contributed by atoms with E-state index >= 15 is 0 Å². The highest BCUT2D eigenvalue weighted by atomic mass is 32.2. The van der Waals surface area contributed by atoms with Gasteiger partial charge in [-0.25, -0.2) is 4.98 Å². The molecule has 0 saturated carbocycles. The first-order chi connectivity index (χ1) is 10.7. The molecule has 110 valence electrons. The van der Waals surface area contributed by atoms with E-state index in [0.29, 0.717) is 5.25 Å². The predicted molar refractivity (Wildman–Crippen MR) is 86.1 cm³/mol. The number of thioether (sulfide) groups is 1. The van der Waals surface area contributed by atoms with Crippen LogP contribution in [-0.2, 0) is 17.8 Å². The summed E-state index contributed by atoms with van der Waals surface area (Å²) in [6.07, 6.45) is 1.01. The van der Waals surface area contributed by atoms with Gasteiger partial charge in [-0.3, -0.25) is 4.79 Å². The number of hydrogen-bond donors (Lipinski definition) is 1. The van der Waals surface area contributed by atoms with Crippen LogP contribution in [0.3, 0.4) is 0 Å². The van der Waals surface area contributed by atoms with Crippen molar-refractivity contribution < 1.29 is 9.90 Å². The maximum atomic E-state index is 11.2. The van der Waals surface area contributed by atoms with E-state index in [2.05, 4.69) is 23.2 Å². The minimum absolute atomic E-state index is 0.0583. The third kappa shape index (κ3) is 2.18. The standard InChI is InChI=1S/C17H14N2O2S/c20-16(21)10-19-14-8-4-3-7-13(14)18-17(19)22-15-9-11-5-1-2-6-12(11)15/h1-8,15H,9-10H2,(H,20,21). The smallest absolute Gasteiger partial charge is 0.323 e. The fourth-order valence-corrected chi connectivity index (χ4v) is 4.19. The van der Waals surface area contributed by atoms with Crippen molar-refractivity contribution >= 4 is 28.8 Å². The summed E-state index contributed by atoms with van der Waals surface area (Å²) in [5.41, 5.74) is 4.43. The molecule has 0 bridgehead atoms. The van der Waals surface area contributed by atoms with Gasteiger partial charge < -0.3 is 9.67 Å². The van der Waals surface area contributed by atoms with Gasteiger partial charge in [0.15, 0.2) is 5.16 Å². The van der Waals surface area contributed by atoms with Crippen molar-refractivity contribution in [2.75, 3.05) is 0 Å². The number of para-hydroxylation sites is 2. The molecule has 5 heteroatoms. The number of fused-ring (bicyclic) bond motifs is 2. The molecule has 4 nitrogen and oxygen atoms in total. The zero-order valence-electron chi connectivity index (χ0n) is 11.8. The quantitative estimate of drug-likeness (QED) is 0.801. The van der Waals surface area contributed by atoms with E-state index in [1.165, 1.54) is 11.1 Å².